The maximum Gasteiger partial charge on any atom is 0.239 e. The first-order valence-electron chi connectivity index (χ1n) is 8.19. The Bertz CT molecular complexity index is 650. The molecule has 1 aromatic carbocycles. The number of benzene rings is 1. The molecule has 26 heavy (non-hydrogen) atoms. The van der Waals surface area contributed by atoms with Crippen molar-refractivity contribution < 1.29 is 9.90 Å². The van der Waals surface area contributed by atoms with Crippen LogP contribution in [0.15, 0.2) is 42.9 Å². The van der Waals surface area contributed by atoms with Crippen molar-refractivity contribution >= 4 is 30.7 Å². The number of rotatable bonds is 8. The SMILES string of the molecule is CC(O)CCN(C)C(=O)[C@@H](N)Cc1cn(Cc2ccccc2)cn1.Cl.Cl. The first-order valence-corrected chi connectivity index (χ1v) is 8.19. The van der Waals surface area contributed by atoms with Crippen LogP contribution < -0.4 is 5.73 Å². The number of imidazole rings is 1. The van der Waals surface area contributed by atoms with E-state index >= 15 is 0 Å². The van der Waals surface area contributed by atoms with E-state index in [2.05, 4.69) is 17.1 Å². The standard InChI is InChI=1S/C18H26N4O2.2ClH/c1-14(23)8-9-21(2)18(24)17(19)10-16-12-22(13-20-16)11-15-6-4-3-5-7-15;;/h3-7,12-14,17,23H,8-11,19H2,1-2H3;2*1H/t14?,17-;;/m0../s1. The Balaban J connectivity index is 0.00000312. The molecule has 0 aliphatic heterocycles. The molecule has 0 aliphatic carbocycles. The summed E-state index contributed by atoms with van der Waals surface area (Å²) in [5.41, 5.74) is 8.01. The van der Waals surface area contributed by atoms with Gasteiger partial charge in [0.25, 0.3) is 0 Å². The fourth-order valence-electron chi connectivity index (χ4n) is 2.48. The van der Waals surface area contributed by atoms with Crippen LogP contribution in [0.1, 0.15) is 24.6 Å². The Morgan fingerprint density at radius 2 is 1.96 bits per heavy atom. The summed E-state index contributed by atoms with van der Waals surface area (Å²) in [7, 11) is 1.71. The van der Waals surface area contributed by atoms with Crippen LogP contribution in [-0.2, 0) is 17.8 Å². The predicted molar refractivity (Wildman–Crippen MR) is 108 cm³/mol. The van der Waals surface area contributed by atoms with Crippen LogP contribution in [0.2, 0.25) is 0 Å². The van der Waals surface area contributed by atoms with Crippen LogP contribution in [0.25, 0.3) is 0 Å². The second-order valence-corrected chi connectivity index (χ2v) is 6.23. The van der Waals surface area contributed by atoms with Gasteiger partial charge >= 0.3 is 0 Å². The number of likely N-dealkylation sites (N-methyl/N-ethyl adjacent to an activating group) is 1. The lowest BCUT2D eigenvalue weighted by Crippen LogP contribution is -2.43. The number of aliphatic hydroxyl groups excluding tert-OH is 1. The fraction of sp³-hybridized carbons (Fsp3) is 0.444. The molecule has 1 amide bonds. The number of carbonyl (C=O) groups is 1. The van der Waals surface area contributed by atoms with Gasteiger partial charge in [0, 0.05) is 32.8 Å². The van der Waals surface area contributed by atoms with Gasteiger partial charge in [-0.05, 0) is 18.9 Å². The van der Waals surface area contributed by atoms with Crippen LogP contribution in [0.5, 0.6) is 0 Å². The van der Waals surface area contributed by atoms with Crippen molar-refractivity contribution in [1.29, 1.82) is 0 Å². The summed E-state index contributed by atoms with van der Waals surface area (Å²) in [4.78, 5) is 18.2. The van der Waals surface area contributed by atoms with Crippen LogP contribution in [0.3, 0.4) is 0 Å². The molecule has 0 saturated carbocycles. The van der Waals surface area contributed by atoms with E-state index in [-0.39, 0.29) is 30.7 Å². The maximum atomic E-state index is 12.2. The summed E-state index contributed by atoms with van der Waals surface area (Å²) in [5, 5.41) is 9.30. The van der Waals surface area contributed by atoms with Gasteiger partial charge in [-0.3, -0.25) is 4.79 Å². The second-order valence-electron chi connectivity index (χ2n) is 6.23. The highest BCUT2D eigenvalue weighted by Gasteiger charge is 2.19. The molecule has 0 aliphatic rings. The van der Waals surface area contributed by atoms with E-state index in [1.54, 1.807) is 25.2 Å². The molecular weight excluding hydrogens is 375 g/mol. The van der Waals surface area contributed by atoms with E-state index in [0.717, 1.165) is 12.2 Å². The molecule has 0 radical (unpaired) electrons. The molecule has 0 bridgehead atoms. The van der Waals surface area contributed by atoms with Crippen molar-refractivity contribution in [2.75, 3.05) is 13.6 Å². The summed E-state index contributed by atoms with van der Waals surface area (Å²) < 4.78 is 1.99. The molecule has 6 nitrogen and oxygen atoms in total. The highest BCUT2D eigenvalue weighted by Crippen LogP contribution is 2.06. The van der Waals surface area contributed by atoms with Gasteiger partial charge in [-0.2, -0.15) is 0 Å². The van der Waals surface area contributed by atoms with E-state index in [1.165, 1.54) is 5.56 Å². The van der Waals surface area contributed by atoms with E-state index in [1.807, 2.05) is 29.0 Å². The Labute approximate surface area is 167 Å². The minimum atomic E-state index is -0.621. The Morgan fingerprint density at radius 3 is 2.58 bits per heavy atom. The van der Waals surface area contributed by atoms with E-state index in [9.17, 15) is 9.90 Å². The highest BCUT2D eigenvalue weighted by molar-refractivity contribution is 5.85. The molecule has 146 valence electrons. The minimum absolute atomic E-state index is 0. The van der Waals surface area contributed by atoms with Gasteiger partial charge in [-0.25, -0.2) is 4.98 Å². The van der Waals surface area contributed by atoms with E-state index < -0.39 is 12.1 Å². The van der Waals surface area contributed by atoms with E-state index in [4.69, 9.17) is 5.73 Å². The zero-order valence-corrected chi connectivity index (χ0v) is 16.7. The summed E-state index contributed by atoms with van der Waals surface area (Å²) in [5.74, 6) is -0.131. The summed E-state index contributed by atoms with van der Waals surface area (Å²) in [6.07, 6.45) is 4.21. The van der Waals surface area contributed by atoms with Crippen LogP contribution in [0, 0.1) is 0 Å². The van der Waals surface area contributed by atoms with Crippen molar-refractivity contribution in [2.45, 2.75) is 38.5 Å². The third-order valence-electron chi connectivity index (χ3n) is 3.90. The maximum absolute atomic E-state index is 12.2. The van der Waals surface area contributed by atoms with Gasteiger partial charge in [0.05, 0.1) is 24.2 Å². The smallest absolute Gasteiger partial charge is 0.239 e. The molecule has 2 aromatic rings. The summed E-state index contributed by atoms with van der Waals surface area (Å²) in [6.45, 7) is 2.94. The van der Waals surface area contributed by atoms with Gasteiger partial charge in [0.15, 0.2) is 0 Å². The van der Waals surface area contributed by atoms with Gasteiger partial charge in [0.2, 0.25) is 5.91 Å². The number of aliphatic hydroxyl groups is 1. The van der Waals surface area contributed by atoms with Crippen molar-refractivity contribution in [3.63, 3.8) is 0 Å². The molecule has 3 N–H and O–H groups in total. The first-order chi connectivity index (χ1) is 11.5. The Hall–Kier alpha value is -1.60. The summed E-state index contributed by atoms with van der Waals surface area (Å²) >= 11 is 0. The number of carbonyl (C=O) groups excluding carboxylic acids is 1. The van der Waals surface area contributed by atoms with Crippen molar-refractivity contribution in [2.24, 2.45) is 5.73 Å². The van der Waals surface area contributed by atoms with Crippen LogP contribution in [0.4, 0.5) is 0 Å². The molecule has 8 heteroatoms. The number of hydrogen-bond acceptors (Lipinski definition) is 4. The normalized spacial score (nSPS) is 12.5. The lowest BCUT2D eigenvalue weighted by Gasteiger charge is -2.21. The molecule has 1 heterocycles. The van der Waals surface area contributed by atoms with Gasteiger partial charge < -0.3 is 20.3 Å². The van der Waals surface area contributed by atoms with E-state index in [0.29, 0.717) is 19.4 Å². The molecule has 0 fully saturated rings. The lowest BCUT2D eigenvalue weighted by molar-refractivity contribution is -0.131. The first kappa shape index (κ1) is 24.4. The van der Waals surface area contributed by atoms with Gasteiger partial charge in [-0.1, -0.05) is 30.3 Å². The third kappa shape index (κ3) is 7.74. The quantitative estimate of drug-likeness (QED) is 0.705. The third-order valence-corrected chi connectivity index (χ3v) is 3.90. The Morgan fingerprint density at radius 1 is 1.31 bits per heavy atom. The van der Waals surface area contributed by atoms with Crippen LogP contribution >= 0.6 is 24.8 Å². The zero-order chi connectivity index (χ0) is 17.5. The van der Waals surface area contributed by atoms with Crippen molar-refractivity contribution in [1.82, 2.24) is 14.5 Å². The van der Waals surface area contributed by atoms with Gasteiger partial charge in [-0.15, -0.1) is 24.8 Å². The molecule has 1 aromatic heterocycles. The van der Waals surface area contributed by atoms with Crippen molar-refractivity contribution in [3.8, 4) is 0 Å². The molecule has 0 spiro atoms. The molecule has 2 rings (SSSR count). The fourth-order valence-corrected chi connectivity index (χ4v) is 2.48. The largest absolute Gasteiger partial charge is 0.393 e. The average molecular weight is 403 g/mol. The second kappa shape index (κ2) is 11.9. The predicted octanol–water partition coefficient (Wildman–Crippen LogP) is 1.87. The van der Waals surface area contributed by atoms with Crippen LogP contribution in [-0.4, -0.2) is 51.2 Å². The monoisotopic (exact) mass is 402 g/mol. The molecule has 1 unspecified atom stereocenters. The number of amides is 1. The summed E-state index contributed by atoms with van der Waals surface area (Å²) in [6, 6.07) is 9.50. The lowest BCUT2D eigenvalue weighted by atomic mass is 10.1. The number of hydrogen-bond donors (Lipinski definition) is 2. The number of aromatic nitrogens is 2. The van der Waals surface area contributed by atoms with Gasteiger partial charge in [0.1, 0.15) is 0 Å². The number of halogens is 2. The topological polar surface area (TPSA) is 84.4 Å². The van der Waals surface area contributed by atoms with Crippen molar-refractivity contribution in [3.05, 3.63) is 54.1 Å². The zero-order valence-electron chi connectivity index (χ0n) is 15.1. The Kier molecular flexibility index (Phi) is 11.2. The number of nitrogens with zero attached hydrogens (tertiary/aromatic N) is 3. The molecule has 2 atom stereocenters. The minimum Gasteiger partial charge on any atom is -0.393 e. The molecular formula is C18H28Cl2N4O2. The molecule has 0 saturated heterocycles. The average Bonchev–Trinajstić information content (AvgIpc) is 2.99. The number of nitrogens with two attached hydrogens (primary N) is 1. The highest BCUT2D eigenvalue weighted by atomic mass is 35.5.